The Hall–Kier alpha value is -1.59. The third kappa shape index (κ3) is 4.87. The molecule has 0 spiro atoms. The smallest absolute Gasteiger partial charge is 0.357 e. The second-order valence-corrected chi connectivity index (χ2v) is 10.1. The Kier molecular flexibility index (Phi) is 6.66. The molecule has 0 aliphatic heterocycles. The Morgan fingerprint density at radius 1 is 0.964 bits per heavy atom. The molecule has 2 aromatic carbocycles. The van der Waals surface area contributed by atoms with Gasteiger partial charge in [0.1, 0.15) is 0 Å². The molecule has 150 valence electrons. The van der Waals surface area contributed by atoms with Crippen LogP contribution in [0.3, 0.4) is 0 Å². The number of hydrogen-bond acceptors (Lipinski definition) is 4. The van der Waals surface area contributed by atoms with Gasteiger partial charge in [0.25, 0.3) is 0 Å². The average Bonchev–Trinajstić information content (AvgIpc) is 3.03. The SMILES string of the molecule is CC(C)OP(=O)(OC(C)C)[C@@H](Nc1ccc(Br)cc1)c1c[nH]c2ccccc12. The predicted molar refractivity (Wildman–Crippen MR) is 119 cm³/mol. The van der Waals surface area contributed by atoms with E-state index in [9.17, 15) is 4.57 Å². The van der Waals surface area contributed by atoms with E-state index in [-0.39, 0.29) is 12.2 Å². The van der Waals surface area contributed by atoms with Crippen molar-refractivity contribution in [3.8, 4) is 0 Å². The van der Waals surface area contributed by atoms with Gasteiger partial charge in [-0.1, -0.05) is 34.1 Å². The molecular weight excluding hydrogens is 439 g/mol. The number of fused-ring (bicyclic) bond motifs is 1. The minimum atomic E-state index is -3.55. The number of H-pyrrole nitrogens is 1. The van der Waals surface area contributed by atoms with Crippen LogP contribution < -0.4 is 5.32 Å². The molecular formula is C21H26BrN2O3P. The summed E-state index contributed by atoms with van der Waals surface area (Å²) in [7, 11) is -3.55. The third-order valence-corrected chi connectivity index (χ3v) is 7.09. The van der Waals surface area contributed by atoms with Crippen LogP contribution in [0.15, 0.2) is 59.2 Å². The maximum Gasteiger partial charge on any atom is 0.357 e. The van der Waals surface area contributed by atoms with Crippen molar-refractivity contribution >= 4 is 40.1 Å². The number of nitrogens with one attached hydrogen (secondary N) is 2. The number of para-hydroxylation sites is 1. The van der Waals surface area contributed by atoms with Crippen LogP contribution in [0.2, 0.25) is 0 Å². The molecule has 7 heteroatoms. The zero-order valence-electron chi connectivity index (χ0n) is 16.5. The van der Waals surface area contributed by atoms with Gasteiger partial charge in [-0.05, 0) is 58.0 Å². The van der Waals surface area contributed by atoms with Gasteiger partial charge in [0.2, 0.25) is 0 Å². The number of benzene rings is 2. The van der Waals surface area contributed by atoms with Gasteiger partial charge in [-0.2, -0.15) is 0 Å². The molecule has 0 unspecified atom stereocenters. The van der Waals surface area contributed by atoms with E-state index in [1.54, 1.807) is 0 Å². The van der Waals surface area contributed by atoms with E-state index in [1.165, 1.54) is 0 Å². The van der Waals surface area contributed by atoms with Crippen LogP contribution in [-0.2, 0) is 13.6 Å². The van der Waals surface area contributed by atoms with Gasteiger partial charge < -0.3 is 19.3 Å². The molecule has 0 saturated heterocycles. The average molecular weight is 465 g/mol. The molecule has 0 aliphatic rings. The maximum absolute atomic E-state index is 14.0. The molecule has 0 radical (unpaired) electrons. The lowest BCUT2D eigenvalue weighted by atomic mass is 10.1. The molecule has 0 aliphatic carbocycles. The lowest BCUT2D eigenvalue weighted by Gasteiger charge is -2.31. The van der Waals surface area contributed by atoms with E-state index in [1.807, 2.05) is 82.4 Å². The summed E-state index contributed by atoms with van der Waals surface area (Å²) in [4.78, 5) is 3.26. The first-order valence-electron chi connectivity index (χ1n) is 9.33. The molecule has 1 aromatic heterocycles. The summed E-state index contributed by atoms with van der Waals surface area (Å²) in [5, 5.41) is 4.38. The fourth-order valence-electron chi connectivity index (χ4n) is 3.09. The van der Waals surface area contributed by atoms with E-state index < -0.39 is 13.4 Å². The topological polar surface area (TPSA) is 63.4 Å². The van der Waals surface area contributed by atoms with Gasteiger partial charge >= 0.3 is 7.60 Å². The van der Waals surface area contributed by atoms with Gasteiger partial charge in [-0.3, -0.25) is 4.57 Å². The van der Waals surface area contributed by atoms with Crippen LogP contribution in [0, 0.1) is 0 Å². The normalized spacial score (nSPS) is 13.4. The van der Waals surface area contributed by atoms with Crippen molar-refractivity contribution in [2.45, 2.75) is 45.7 Å². The van der Waals surface area contributed by atoms with Crippen LogP contribution in [0.1, 0.15) is 39.0 Å². The first kappa shape index (κ1) is 21.1. The molecule has 1 heterocycles. The summed E-state index contributed by atoms with van der Waals surface area (Å²) in [6.45, 7) is 7.45. The van der Waals surface area contributed by atoms with Crippen molar-refractivity contribution in [3.63, 3.8) is 0 Å². The molecule has 0 amide bonds. The van der Waals surface area contributed by atoms with E-state index in [0.717, 1.165) is 26.6 Å². The largest absolute Gasteiger partial charge is 0.368 e. The number of hydrogen-bond donors (Lipinski definition) is 2. The monoisotopic (exact) mass is 464 g/mol. The first-order chi connectivity index (χ1) is 13.3. The highest BCUT2D eigenvalue weighted by atomic mass is 79.9. The molecule has 0 fully saturated rings. The van der Waals surface area contributed by atoms with Gasteiger partial charge in [-0.15, -0.1) is 0 Å². The minimum Gasteiger partial charge on any atom is -0.368 e. The van der Waals surface area contributed by atoms with Gasteiger partial charge in [0, 0.05) is 32.8 Å². The van der Waals surface area contributed by atoms with E-state index in [2.05, 4.69) is 26.2 Å². The Bertz CT molecular complexity index is 955. The number of anilines is 1. The Morgan fingerprint density at radius 3 is 2.18 bits per heavy atom. The van der Waals surface area contributed by atoms with Crippen LogP contribution in [-0.4, -0.2) is 17.2 Å². The van der Waals surface area contributed by atoms with Gasteiger partial charge in [0.05, 0.1) is 12.2 Å². The molecule has 28 heavy (non-hydrogen) atoms. The molecule has 0 saturated carbocycles. The van der Waals surface area contributed by atoms with Crippen molar-refractivity contribution in [3.05, 3.63) is 64.8 Å². The molecule has 3 aromatic rings. The number of halogens is 1. The summed E-state index contributed by atoms with van der Waals surface area (Å²) in [6, 6.07) is 15.7. The lowest BCUT2D eigenvalue weighted by Crippen LogP contribution is -2.19. The van der Waals surface area contributed by atoms with Crippen molar-refractivity contribution in [2.24, 2.45) is 0 Å². The molecule has 2 N–H and O–H groups in total. The molecule has 5 nitrogen and oxygen atoms in total. The molecule has 3 rings (SSSR count). The van der Waals surface area contributed by atoms with E-state index in [0.29, 0.717) is 0 Å². The highest BCUT2D eigenvalue weighted by molar-refractivity contribution is 9.10. The van der Waals surface area contributed by atoms with E-state index >= 15 is 0 Å². The van der Waals surface area contributed by atoms with Crippen LogP contribution in [0.5, 0.6) is 0 Å². The van der Waals surface area contributed by atoms with Crippen LogP contribution in [0.25, 0.3) is 10.9 Å². The van der Waals surface area contributed by atoms with Crippen LogP contribution in [0.4, 0.5) is 5.69 Å². The highest BCUT2D eigenvalue weighted by Gasteiger charge is 2.40. The van der Waals surface area contributed by atoms with Crippen molar-refractivity contribution in [2.75, 3.05) is 5.32 Å². The zero-order chi connectivity index (χ0) is 20.3. The standard InChI is InChI=1S/C21H26BrN2O3P/c1-14(2)26-28(25,27-15(3)4)21(24-17-11-9-16(22)10-12-17)19-13-23-20-8-6-5-7-18(19)20/h5-15,21,23-24H,1-4H3/t21-/m1/s1. The summed E-state index contributed by atoms with van der Waals surface area (Å²) < 4.78 is 26.8. The molecule has 0 bridgehead atoms. The maximum atomic E-state index is 14.0. The summed E-state index contributed by atoms with van der Waals surface area (Å²) in [5.74, 6) is -0.658. The summed E-state index contributed by atoms with van der Waals surface area (Å²) in [6.07, 6.45) is 1.38. The summed E-state index contributed by atoms with van der Waals surface area (Å²) >= 11 is 3.45. The third-order valence-electron chi connectivity index (χ3n) is 4.10. The fourth-order valence-corrected chi connectivity index (χ4v) is 5.68. The second-order valence-electron chi connectivity index (χ2n) is 7.19. The Morgan fingerprint density at radius 2 is 1.57 bits per heavy atom. The predicted octanol–water partition coefficient (Wildman–Crippen LogP) is 7.08. The fraction of sp³-hybridized carbons (Fsp3) is 0.333. The van der Waals surface area contributed by atoms with Crippen molar-refractivity contribution in [1.82, 2.24) is 4.98 Å². The number of aromatic amines is 1. The van der Waals surface area contributed by atoms with Gasteiger partial charge in [-0.25, -0.2) is 0 Å². The number of aromatic nitrogens is 1. The van der Waals surface area contributed by atoms with Crippen molar-refractivity contribution in [1.29, 1.82) is 0 Å². The van der Waals surface area contributed by atoms with Gasteiger partial charge in [0.15, 0.2) is 5.78 Å². The Labute approximate surface area is 174 Å². The van der Waals surface area contributed by atoms with Crippen molar-refractivity contribution < 1.29 is 13.6 Å². The zero-order valence-corrected chi connectivity index (χ0v) is 19.0. The Balaban J connectivity index is 2.11. The van der Waals surface area contributed by atoms with E-state index in [4.69, 9.17) is 9.05 Å². The van der Waals surface area contributed by atoms with Crippen LogP contribution >= 0.6 is 23.5 Å². The molecule has 1 atom stereocenters. The minimum absolute atomic E-state index is 0.246. The highest BCUT2D eigenvalue weighted by Crippen LogP contribution is 2.63. The summed E-state index contributed by atoms with van der Waals surface area (Å²) in [5.41, 5.74) is 2.65. The second kappa shape index (κ2) is 8.83. The first-order valence-corrected chi connectivity index (χ1v) is 11.7. The number of rotatable bonds is 8. The quantitative estimate of drug-likeness (QED) is 0.349. The lowest BCUT2D eigenvalue weighted by molar-refractivity contribution is 0.138.